The molecule has 5 rings (SSSR count). The first-order valence-corrected chi connectivity index (χ1v) is 13.7. The average molecular weight is 522 g/mol. The van der Waals surface area contributed by atoms with Crippen molar-refractivity contribution in [3.8, 4) is 11.5 Å². The molecule has 0 spiro atoms. The molecule has 1 unspecified atom stereocenters. The van der Waals surface area contributed by atoms with Gasteiger partial charge in [-0.3, -0.25) is 9.59 Å². The predicted octanol–water partition coefficient (Wildman–Crippen LogP) is 2.84. The van der Waals surface area contributed by atoms with Gasteiger partial charge in [0.1, 0.15) is 11.5 Å². The van der Waals surface area contributed by atoms with Crippen molar-refractivity contribution in [3.05, 3.63) is 42.0 Å². The van der Waals surface area contributed by atoms with Gasteiger partial charge in [0.05, 0.1) is 12.8 Å². The standard InChI is InChI=1S/C29H39N5O4/c1-4-27(35)34-17-15-32(16-18-34)23-8-6-22(7-9-23)30-29(36)26-10-5-21-19-24(37-3)20-25(28(21)38-26)33-13-11-31(2)12-14-33/h6-9,19-20,26H,4-5,10-18H2,1-3H3,(H,30,36). The number of anilines is 3. The van der Waals surface area contributed by atoms with Crippen molar-refractivity contribution < 1.29 is 19.1 Å². The van der Waals surface area contributed by atoms with Gasteiger partial charge in [-0.15, -0.1) is 0 Å². The molecular formula is C29H39N5O4. The van der Waals surface area contributed by atoms with Gasteiger partial charge in [0.25, 0.3) is 5.91 Å². The maximum atomic E-state index is 13.2. The van der Waals surface area contributed by atoms with Crippen LogP contribution in [0.5, 0.6) is 11.5 Å². The first-order valence-electron chi connectivity index (χ1n) is 13.7. The number of ether oxygens (including phenoxy) is 2. The maximum Gasteiger partial charge on any atom is 0.265 e. The van der Waals surface area contributed by atoms with Gasteiger partial charge in [0, 0.05) is 81.8 Å². The largest absolute Gasteiger partial charge is 0.497 e. The van der Waals surface area contributed by atoms with E-state index in [9.17, 15) is 9.59 Å². The molecule has 9 heteroatoms. The van der Waals surface area contributed by atoms with Gasteiger partial charge in [-0.25, -0.2) is 0 Å². The Kier molecular flexibility index (Phi) is 7.93. The second-order valence-corrected chi connectivity index (χ2v) is 10.3. The van der Waals surface area contributed by atoms with Crippen LogP contribution < -0.4 is 24.6 Å². The number of rotatable bonds is 6. The third-order valence-electron chi connectivity index (χ3n) is 7.86. The average Bonchev–Trinajstić information content (AvgIpc) is 2.96. The Bertz CT molecular complexity index is 1140. The van der Waals surface area contributed by atoms with Crippen LogP contribution in [0.2, 0.25) is 0 Å². The third kappa shape index (κ3) is 5.67. The molecule has 0 radical (unpaired) electrons. The Hall–Kier alpha value is -3.46. The summed E-state index contributed by atoms with van der Waals surface area (Å²) in [6.45, 7) is 8.81. The number of amides is 2. The SMILES string of the molecule is CCC(=O)N1CCN(c2ccc(NC(=O)C3CCc4cc(OC)cc(N5CCN(C)CC5)c4O3)cc2)CC1. The lowest BCUT2D eigenvalue weighted by molar-refractivity contribution is -0.131. The van der Waals surface area contributed by atoms with Crippen LogP contribution in [0, 0.1) is 0 Å². The molecule has 1 N–H and O–H groups in total. The highest BCUT2D eigenvalue weighted by Crippen LogP contribution is 2.41. The van der Waals surface area contributed by atoms with E-state index < -0.39 is 6.10 Å². The quantitative estimate of drug-likeness (QED) is 0.627. The van der Waals surface area contributed by atoms with E-state index in [-0.39, 0.29) is 11.8 Å². The minimum absolute atomic E-state index is 0.129. The van der Waals surface area contributed by atoms with Crippen LogP contribution in [0.1, 0.15) is 25.3 Å². The van der Waals surface area contributed by atoms with Crippen molar-refractivity contribution in [1.29, 1.82) is 0 Å². The Morgan fingerprint density at radius 1 is 0.974 bits per heavy atom. The molecule has 1 atom stereocenters. The van der Waals surface area contributed by atoms with Gasteiger partial charge in [-0.05, 0) is 50.2 Å². The van der Waals surface area contributed by atoms with E-state index in [0.29, 0.717) is 12.8 Å². The number of carbonyl (C=O) groups excluding carboxylic acids is 2. The van der Waals surface area contributed by atoms with Gasteiger partial charge >= 0.3 is 0 Å². The molecule has 2 aromatic carbocycles. The lowest BCUT2D eigenvalue weighted by Crippen LogP contribution is -2.48. The van der Waals surface area contributed by atoms with Crippen molar-refractivity contribution in [2.24, 2.45) is 0 Å². The number of benzene rings is 2. The molecular weight excluding hydrogens is 482 g/mol. The van der Waals surface area contributed by atoms with Crippen LogP contribution >= 0.6 is 0 Å². The molecule has 2 fully saturated rings. The van der Waals surface area contributed by atoms with Crippen LogP contribution in [-0.4, -0.2) is 94.2 Å². The Morgan fingerprint density at radius 3 is 2.32 bits per heavy atom. The minimum atomic E-state index is -0.550. The lowest BCUT2D eigenvalue weighted by atomic mass is 9.99. The molecule has 3 aliphatic heterocycles. The topological polar surface area (TPSA) is 77.6 Å². The summed E-state index contributed by atoms with van der Waals surface area (Å²) >= 11 is 0. The van der Waals surface area contributed by atoms with Crippen LogP contribution in [0.25, 0.3) is 0 Å². The normalized spacial score (nSPS) is 20.0. The molecule has 0 aromatic heterocycles. The number of aryl methyl sites for hydroxylation is 1. The van der Waals surface area contributed by atoms with E-state index >= 15 is 0 Å². The zero-order chi connectivity index (χ0) is 26.6. The van der Waals surface area contributed by atoms with Crippen LogP contribution in [0.3, 0.4) is 0 Å². The van der Waals surface area contributed by atoms with Gasteiger partial charge < -0.3 is 34.4 Å². The molecule has 3 aliphatic rings. The first kappa shape index (κ1) is 26.2. The number of carbonyl (C=O) groups is 2. The number of nitrogens with one attached hydrogen (secondary N) is 1. The van der Waals surface area contributed by atoms with Crippen molar-refractivity contribution in [3.63, 3.8) is 0 Å². The number of hydrogen-bond acceptors (Lipinski definition) is 7. The number of likely N-dealkylation sites (N-methyl/N-ethyl adjacent to an activating group) is 1. The summed E-state index contributed by atoms with van der Waals surface area (Å²) in [5.74, 6) is 1.71. The van der Waals surface area contributed by atoms with Gasteiger partial charge in [0.15, 0.2) is 6.10 Å². The van der Waals surface area contributed by atoms with Crippen molar-refractivity contribution in [2.75, 3.05) is 81.6 Å². The highest BCUT2D eigenvalue weighted by atomic mass is 16.5. The van der Waals surface area contributed by atoms with E-state index in [1.807, 2.05) is 48.2 Å². The fraction of sp³-hybridized carbons (Fsp3) is 0.517. The summed E-state index contributed by atoms with van der Waals surface area (Å²) in [5, 5.41) is 3.05. The van der Waals surface area contributed by atoms with Crippen molar-refractivity contribution in [1.82, 2.24) is 9.80 Å². The smallest absolute Gasteiger partial charge is 0.265 e. The second kappa shape index (κ2) is 11.5. The summed E-state index contributed by atoms with van der Waals surface area (Å²) in [4.78, 5) is 34.0. The van der Waals surface area contributed by atoms with Crippen LogP contribution in [0.15, 0.2) is 36.4 Å². The van der Waals surface area contributed by atoms with Crippen LogP contribution in [0.4, 0.5) is 17.1 Å². The molecule has 0 bridgehead atoms. The second-order valence-electron chi connectivity index (χ2n) is 10.3. The zero-order valence-corrected chi connectivity index (χ0v) is 22.7. The molecule has 38 heavy (non-hydrogen) atoms. The summed E-state index contributed by atoms with van der Waals surface area (Å²) < 4.78 is 11.9. The van der Waals surface area contributed by atoms with Crippen molar-refractivity contribution in [2.45, 2.75) is 32.3 Å². The monoisotopic (exact) mass is 521 g/mol. The Morgan fingerprint density at radius 2 is 1.66 bits per heavy atom. The molecule has 2 saturated heterocycles. The summed E-state index contributed by atoms with van der Waals surface area (Å²) in [6.07, 6.45) is 1.38. The third-order valence-corrected chi connectivity index (χ3v) is 7.86. The van der Waals surface area contributed by atoms with E-state index in [2.05, 4.69) is 27.1 Å². The Balaban J connectivity index is 1.22. The fourth-order valence-corrected chi connectivity index (χ4v) is 5.45. The van der Waals surface area contributed by atoms with Gasteiger partial charge in [-0.1, -0.05) is 6.92 Å². The van der Waals surface area contributed by atoms with E-state index in [4.69, 9.17) is 9.47 Å². The number of hydrogen-bond donors (Lipinski definition) is 1. The minimum Gasteiger partial charge on any atom is -0.497 e. The first-order chi connectivity index (χ1) is 18.4. The molecule has 3 heterocycles. The van der Waals surface area contributed by atoms with Gasteiger partial charge in [-0.2, -0.15) is 0 Å². The predicted molar refractivity (Wildman–Crippen MR) is 150 cm³/mol. The number of piperazine rings is 2. The number of fused-ring (bicyclic) bond motifs is 1. The van der Waals surface area contributed by atoms with Crippen molar-refractivity contribution >= 4 is 28.9 Å². The Labute approximate surface area is 225 Å². The van der Waals surface area contributed by atoms with E-state index in [0.717, 1.165) is 92.9 Å². The van der Waals surface area contributed by atoms with E-state index in [1.54, 1.807) is 7.11 Å². The summed E-state index contributed by atoms with van der Waals surface area (Å²) in [5.41, 5.74) is 3.95. The molecule has 204 valence electrons. The maximum absolute atomic E-state index is 13.2. The summed E-state index contributed by atoms with van der Waals surface area (Å²) in [6, 6.07) is 12.0. The number of nitrogens with zero attached hydrogens (tertiary/aromatic N) is 4. The molecule has 2 aromatic rings. The highest BCUT2D eigenvalue weighted by Gasteiger charge is 2.31. The van der Waals surface area contributed by atoms with Crippen LogP contribution in [-0.2, 0) is 16.0 Å². The molecule has 0 saturated carbocycles. The lowest BCUT2D eigenvalue weighted by Gasteiger charge is -2.37. The van der Waals surface area contributed by atoms with Gasteiger partial charge in [0.2, 0.25) is 5.91 Å². The molecule has 0 aliphatic carbocycles. The van der Waals surface area contributed by atoms with E-state index in [1.165, 1.54) is 0 Å². The number of methoxy groups -OCH3 is 1. The summed E-state index contributed by atoms with van der Waals surface area (Å²) in [7, 11) is 3.82. The fourth-order valence-electron chi connectivity index (χ4n) is 5.45. The highest BCUT2D eigenvalue weighted by molar-refractivity contribution is 5.95. The molecule has 9 nitrogen and oxygen atoms in total. The zero-order valence-electron chi connectivity index (χ0n) is 22.7. The molecule has 2 amide bonds.